The van der Waals surface area contributed by atoms with E-state index in [0.29, 0.717) is 13.2 Å². The Hall–Kier alpha value is 0.500. The van der Waals surface area contributed by atoms with Crippen LogP contribution in [0.5, 0.6) is 0 Å². The van der Waals surface area contributed by atoms with E-state index in [-0.39, 0.29) is 0 Å². The lowest BCUT2D eigenvalue weighted by molar-refractivity contribution is -0.0546. The molecule has 2 nitrogen and oxygen atoms in total. The van der Waals surface area contributed by atoms with Crippen molar-refractivity contribution in [3.05, 3.63) is 0 Å². The second-order valence-corrected chi connectivity index (χ2v) is 7.31. The van der Waals surface area contributed by atoms with E-state index in [2.05, 4.69) is 6.92 Å². The van der Waals surface area contributed by atoms with Crippen molar-refractivity contribution in [2.45, 2.75) is 88.2 Å². The standard InChI is InChI=1S/C16H30Cl2O2/c1-2-3-4-5-6-7-8-9-10-11-12-16(17,18)15-19-13-14-20-15/h15H,2-14H2,1H3. The van der Waals surface area contributed by atoms with Crippen LogP contribution < -0.4 is 0 Å². The molecule has 1 rings (SSSR count). The van der Waals surface area contributed by atoms with Gasteiger partial charge < -0.3 is 9.47 Å². The van der Waals surface area contributed by atoms with Crippen LogP contribution in [0.15, 0.2) is 0 Å². The van der Waals surface area contributed by atoms with E-state index in [0.717, 1.165) is 12.8 Å². The zero-order valence-electron chi connectivity index (χ0n) is 12.8. The van der Waals surface area contributed by atoms with Crippen molar-refractivity contribution < 1.29 is 9.47 Å². The Balaban J connectivity index is 1.89. The third-order valence-corrected chi connectivity index (χ3v) is 4.56. The quantitative estimate of drug-likeness (QED) is 0.331. The smallest absolute Gasteiger partial charge is 0.190 e. The largest absolute Gasteiger partial charge is 0.347 e. The van der Waals surface area contributed by atoms with Crippen LogP contribution in [-0.2, 0) is 9.47 Å². The summed E-state index contributed by atoms with van der Waals surface area (Å²) >= 11 is 12.5. The highest BCUT2D eigenvalue weighted by atomic mass is 35.5. The van der Waals surface area contributed by atoms with Gasteiger partial charge in [-0.15, -0.1) is 0 Å². The number of hydrogen-bond donors (Lipinski definition) is 0. The van der Waals surface area contributed by atoms with Gasteiger partial charge in [-0.1, -0.05) is 94.3 Å². The molecule has 0 bridgehead atoms. The molecule has 0 aromatic carbocycles. The molecule has 0 aliphatic carbocycles. The van der Waals surface area contributed by atoms with Gasteiger partial charge in [0.25, 0.3) is 0 Å². The van der Waals surface area contributed by atoms with Crippen LogP contribution >= 0.6 is 23.2 Å². The number of hydrogen-bond acceptors (Lipinski definition) is 2. The Kier molecular flexibility index (Phi) is 10.3. The Labute approximate surface area is 134 Å². The minimum absolute atomic E-state index is 0.440. The summed E-state index contributed by atoms with van der Waals surface area (Å²) in [5.41, 5.74) is 0. The lowest BCUT2D eigenvalue weighted by Crippen LogP contribution is -2.31. The molecule has 1 heterocycles. The number of rotatable bonds is 12. The predicted octanol–water partition coefficient (Wildman–Crippen LogP) is 5.84. The van der Waals surface area contributed by atoms with Crippen LogP contribution in [0, 0.1) is 0 Å². The highest BCUT2D eigenvalue weighted by Gasteiger charge is 2.38. The third-order valence-electron chi connectivity index (χ3n) is 3.83. The Bertz CT molecular complexity index is 229. The van der Waals surface area contributed by atoms with Gasteiger partial charge in [-0.25, -0.2) is 0 Å². The highest BCUT2D eigenvalue weighted by Crippen LogP contribution is 2.35. The van der Waals surface area contributed by atoms with Gasteiger partial charge in [-0.2, -0.15) is 0 Å². The number of ether oxygens (including phenoxy) is 2. The van der Waals surface area contributed by atoms with Crippen molar-refractivity contribution in [3.63, 3.8) is 0 Å². The van der Waals surface area contributed by atoms with E-state index >= 15 is 0 Å². The third kappa shape index (κ3) is 8.07. The molecule has 0 aromatic heterocycles. The van der Waals surface area contributed by atoms with Crippen LogP contribution in [0.3, 0.4) is 0 Å². The summed E-state index contributed by atoms with van der Waals surface area (Å²) in [4.78, 5) is 0. The van der Waals surface area contributed by atoms with Crippen molar-refractivity contribution in [1.29, 1.82) is 0 Å². The summed E-state index contributed by atoms with van der Waals surface area (Å²) < 4.78 is 9.87. The first kappa shape index (κ1) is 18.5. The molecule has 1 aliphatic rings. The van der Waals surface area contributed by atoms with E-state index in [1.807, 2.05) is 0 Å². The van der Waals surface area contributed by atoms with Gasteiger partial charge in [0.1, 0.15) is 0 Å². The second kappa shape index (κ2) is 11.1. The van der Waals surface area contributed by atoms with Gasteiger partial charge >= 0.3 is 0 Å². The molecule has 0 atom stereocenters. The normalized spacial score (nSPS) is 16.9. The molecule has 0 spiro atoms. The molecule has 120 valence electrons. The first-order valence-electron chi connectivity index (χ1n) is 8.28. The predicted molar refractivity (Wildman–Crippen MR) is 86.6 cm³/mol. The van der Waals surface area contributed by atoms with E-state index in [4.69, 9.17) is 32.7 Å². The topological polar surface area (TPSA) is 18.5 Å². The molecular formula is C16H30Cl2O2. The van der Waals surface area contributed by atoms with Gasteiger partial charge in [-0.05, 0) is 6.42 Å². The molecule has 1 aliphatic heterocycles. The summed E-state index contributed by atoms with van der Waals surface area (Å²) in [5.74, 6) is 0. The Morgan fingerprint density at radius 2 is 1.25 bits per heavy atom. The van der Waals surface area contributed by atoms with Crippen LogP contribution in [-0.4, -0.2) is 23.8 Å². The number of halogens is 2. The van der Waals surface area contributed by atoms with E-state index < -0.39 is 10.6 Å². The molecule has 0 aromatic rings. The van der Waals surface area contributed by atoms with Gasteiger partial charge in [0.15, 0.2) is 10.6 Å². The summed E-state index contributed by atoms with van der Waals surface area (Å²) in [7, 11) is 0. The summed E-state index contributed by atoms with van der Waals surface area (Å²) in [6.45, 7) is 3.46. The van der Waals surface area contributed by atoms with Crippen molar-refractivity contribution in [1.82, 2.24) is 0 Å². The van der Waals surface area contributed by atoms with Crippen LogP contribution in [0.4, 0.5) is 0 Å². The second-order valence-electron chi connectivity index (χ2n) is 5.77. The maximum atomic E-state index is 6.27. The lowest BCUT2D eigenvalue weighted by Gasteiger charge is -2.24. The molecule has 1 saturated heterocycles. The van der Waals surface area contributed by atoms with E-state index in [9.17, 15) is 0 Å². The Morgan fingerprint density at radius 1 is 0.800 bits per heavy atom. The Morgan fingerprint density at radius 3 is 1.75 bits per heavy atom. The van der Waals surface area contributed by atoms with Crippen molar-refractivity contribution in [2.24, 2.45) is 0 Å². The fourth-order valence-corrected chi connectivity index (χ4v) is 3.09. The van der Waals surface area contributed by atoms with Crippen LogP contribution in [0.2, 0.25) is 0 Å². The average Bonchev–Trinajstić information content (AvgIpc) is 2.96. The van der Waals surface area contributed by atoms with Gasteiger partial charge in [-0.3, -0.25) is 0 Å². The van der Waals surface area contributed by atoms with Crippen LogP contribution in [0.25, 0.3) is 0 Å². The summed E-state index contributed by atoms with van der Waals surface area (Å²) in [6, 6.07) is 0. The van der Waals surface area contributed by atoms with Crippen molar-refractivity contribution in [2.75, 3.05) is 13.2 Å². The molecule has 4 heteroatoms. The molecule has 0 amide bonds. The summed E-state index contributed by atoms with van der Waals surface area (Å²) in [5, 5.41) is 0. The van der Waals surface area contributed by atoms with Gasteiger partial charge in [0, 0.05) is 0 Å². The zero-order valence-corrected chi connectivity index (χ0v) is 14.4. The summed E-state index contributed by atoms with van der Waals surface area (Å²) in [6.07, 6.45) is 13.4. The zero-order chi connectivity index (χ0) is 14.7. The average molecular weight is 325 g/mol. The molecule has 0 radical (unpaired) electrons. The first-order chi connectivity index (χ1) is 9.67. The van der Waals surface area contributed by atoms with Gasteiger partial charge in [0.05, 0.1) is 13.2 Å². The molecule has 1 fully saturated rings. The van der Waals surface area contributed by atoms with Crippen molar-refractivity contribution >= 4 is 23.2 Å². The first-order valence-corrected chi connectivity index (χ1v) is 9.03. The van der Waals surface area contributed by atoms with E-state index in [1.165, 1.54) is 57.8 Å². The lowest BCUT2D eigenvalue weighted by atomic mass is 10.0. The molecule has 0 N–H and O–H groups in total. The maximum absolute atomic E-state index is 6.27. The van der Waals surface area contributed by atoms with Crippen LogP contribution in [0.1, 0.15) is 77.6 Å². The highest BCUT2D eigenvalue weighted by molar-refractivity contribution is 6.48. The fourth-order valence-electron chi connectivity index (χ4n) is 2.57. The van der Waals surface area contributed by atoms with Crippen molar-refractivity contribution in [3.8, 4) is 0 Å². The fraction of sp³-hybridized carbons (Fsp3) is 1.00. The minimum atomic E-state index is -0.878. The monoisotopic (exact) mass is 324 g/mol. The van der Waals surface area contributed by atoms with Gasteiger partial charge in [0.2, 0.25) is 0 Å². The number of unbranched alkanes of at least 4 members (excludes halogenated alkanes) is 9. The van der Waals surface area contributed by atoms with E-state index in [1.54, 1.807) is 0 Å². The molecule has 0 unspecified atom stereocenters. The molecule has 20 heavy (non-hydrogen) atoms. The molecule has 0 saturated carbocycles. The maximum Gasteiger partial charge on any atom is 0.190 e. The SMILES string of the molecule is CCCCCCCCCCCCC(Cl)(Cl)C1OCCO1. The number of alkyl halides is 2. The molecular weight excluding hydrogens is 295 g/mol. The minimum Gasteiger partial charge on any atom is -0.347 e.